The summed E-state index contributed by atoms with van der Waals surface area (Å²) in [6, 6.07) is 14.2. The molecule has 1 aliphatic rings. The topological polar surface area (TPSA) is 32.8 Å². The molecule has 1 heterocycles. The fourth-order valence-corrected chi connectivity index (χ4v) is 3.59. The maximum absolute atomic E-state index is 12.4. The Labute approximate surface area is 154 Å². The highest BCUT2D eigenvalue weighted by Gasteiger charge is 2.28. The van der Waals surface area contributed by atoms with E-state index in [1.807, 2.05) is 53.1 Å². The molecule has 132 valence electrons. The SMILES string of the molecule is CCCN1CCN(c2ccc(SOc3ccc(C)cc3C)cc2)C1=O. The van der Waals surface area contributed by atoms with Crippen molar-refractivity contribution in [2.75, 3.05) is 24.5 Å². The average Bonchev–Trinajstić information content (AvgIpc) is 2.96. The molecule has 5 heteroatoms. The van der Waals surface area contributed by atoms with Crippen LogP contribution in [0, 0.1) is 13.8 Å². The van der Waals surface area contributed by atoms with E-state index in [1.54, 1.807) is 0 Å². The van der Waals surface area contributed by atoms with Crippen molar-refractivity contribution in [3.05, 3.63) is 53.6 Å². The van der Waals surface area contributed by atoms with Crippen LogP contribution >= 0.6 is 12.0 Å². The third-order valence-corrected chi connectivity index (χ3v) is 5.02. The van der Waals surface area contributed by atoms with Crippen molar-refractivity contribution in [2.45, 2.75) is 32.1 Å². The van der Waals surface area contributed by atoms with Gasteiger partial charge in [0.1, 0.15) is 5.75 Å². The minimum Gasteiger partial charge on any atom is -0.420 e. The normalized spacial score (nSPS) is 14.3. The maximum Gasteiger partial charge on any atom is 0.324 e. The van der Waals surface area contributed by atoms with Crippen LogP contribution in [0.2, 0.25) is 0 Å². The molecule has 25 heavy (non-hydrogen) atoms. The Morgan fingerprint density at radius 3 is 2.52 bits per heavy atom. The summed E-state index contributed by atoms with van der Waals surface area (Å²) in [5.41, 5.74) is 3.30. The first-order valence-electron chi connectivity index (χ1n) is 8.67. The number of rotatable bonds is 6. The summed E-state index contributed by atoms with van der Waals surface area (Å²) >= 11 is 1.34. The Bertz CT molecular complexity index is 746. The second-order valence-electron chi connectivity index (χ2n) is 6.35. The molecule has 2 amide bonds. The molecule has 0 atom stereocenters. The van der Waals surface area contributed by atoms with Crippen LogP contribution in [0.5, 0.6) is 5.75 Å². The van der Waals surface area contributed by atoms with Crippen LogP contribution in [-0.2, 0) is 0 Å². The monoisotopic (exact) mass is 356 g/mol. The summed E-state index contributed by atoms with van der Waals surface area (Å²) in [6.45, 7) is 8.60. The fraction of sp³-hybridized carbons (Fsp3) is 0.350. The minimum absolute atomic E-state index is 0.105. The Kier molecular flexibility index (Phi) is 5.53. The lowest BCUT2D eigenvalue weighted by atomic mass is 10.1. The van der Waals surface area contributed by atoms with Crippen molar-refractivity contribution < 1.29 is 8.98 Å². The van der Waals surface area contributed by atoms with Gasteiger partial charge in [-0.3, -0.25) is 4.90 Å². The maximum atomic E-state index is 12.4. The third kappa shape index (κ3) is 4.10. The first-order chi connectivity index (χ1) is 12.1. The molecular formula is C20H24N2O2S. The Morgan fingerprint density at radius 2 is 1.84 bits per heavy atom. The highest BCUT2D eigenvalue weighted by molar-refractivity contribution is 7.95. The molecule has 0 aliphatic carbocycles. The zero-order chi connectivity index (χ0) is 17.8. The molecule has 2 aromatic carbocycles. The van der Waals surface area contributed by atoms with Crippen LogP contribution in [0.4, 0.5) is 10.5 Å². The molecule has 0 bridgehead atoms. The zero-order valence-corrected chi connectivity index (χ0v) is 15.8. The predicted molar refractivity (Wildman–Crippen MR) is 103 cm³/mol. The van der Waals surface area contributed by atoms with Crippen molar-refractivity contribution in [2.24, 2.45) is 0 Å². The number of anilines is 1. The zero-order valence-electron chi connectivity index (χ0n) is 15.0. The molecule has 1 saturated heterocycles. The first kappa shape index (κ1) is 17.7. The van der Waals surface area contributed by atoms with E-state index < -0.39 is 0 Å². The van der Waals surface area contributed by atoms with Crippen molar-refractivity contribution in [3.63, 3.8) is 0 Å². The van der Waals surface area contributed by atoms with E-state index in [-0.39, 0.29) is 6.03 Å². The molecule has 0 radical (unpaired) electrons. The summed E-state index contributed by atoms with van der Waals surface area (Å²) in [7, 11) is 0. The van der Waals surface area contributed by atoms with Crippen LogP contribution < -0.4 is 9.08 Å². The third-order valence-electron chi connectivity index (χ3n) is 4.29. The summed E-state index contributed by atoms with van der Waals surface area (Å²) in [5, 5.41) is 0. The van der Waals surface area contributed by atoms with Gasteiger partial charge in [0, 0.05) is 30.2 Å². The minimum atomic E-state index is 0.105. The fourth-order valence-electron chi connectivity index (χ4n) is 2.97. The summed E-state index contributed by atoms with van der Waals surface area (Å²) < 4.78 is 5.84. The number of carbonyl (C=O) groups excluding carboxylic acids is 1. The van der Waals surface area contributed by atoms with Gasteiger partial charge in [-0.2, -0.15) is 0 Å². The van der Waals surface area contributed by atoms with Gasteiger partial charge in [-0.1, -0.05) is 24.6 Å². The molecule has 0 saturated carbocycles. The number of hydrogen-bond donors (Lipinski definition) is 0. The lowest BCUT2D eigenvalue weighted by molar-refractivity contribution is 0.220. The second-order valence-corrected chi connectivity index (χ2v) is 7.16. The van der Waals surface area contributed by atoms with Gasteiger partial charge in [0.25, 0.3) is 0 Å². The van der Waals surface area contributed by atoms with E-state index >= 15 is 0 Å². The smallest absolute Gasteiger partial charge is 0.324 e. The lowest BCUT2D eigenvalue weighted by Crippen LogP contribution is -2.32. The van der Waals surface area contributed by atoms with Gasteiger partial charge in [0.2, 0.25) is 0 Å². The van der Waals surface area contributed by atoms with Gasteiger partial charge in [-0.05, 0) is 56.2 Å². The molecule has 1 aliphatic heterocycles. The van der Waals surface area contributed by atoms with Crippen molar-refractivity contribution in [1.29, 1.82) is 0 Å². The van der Waals surface area contributed by atoms with E-state index in [9.17, 15) is 4.79 Å². The second kappa shape index (κ2) is 7.83. The number of hydrogen-bond acceptors (Lipinski definition) is 3. The van der Waals surface area contributed by atoms with E-state index in [2.05, 4.69) is 19.9 Å². The van der Waals surface area contributed by atoms with Gasteiger partial charge in [0.05, 0.1) is 12.0 Å². The Morgan fingerprint density at radius 1 is 1.08 bits per heavy atom. The standard InChI is InChI=1S/C20H24N2O2S/c1-4-11-21-12-13-22(20(21)23)17-6-8-18(9-7-17)25-24-19-10-5-15(2)14-16(19)3/h5-10,14H,4,11-13H2,1-3H3. The van der Waals surface area contributed by atoms with Gasteiger partial charge in [0.15, 0.2) is 0 Å². The molecule has 3 rings (SSSR count). The lowest BCUT2D eigenvalue weighted by Gasteiger charge is -2.18. The molecule has 0 N–H and O–H groups in total. The summed E-state index contributed by atoms with van der Waals surface area (Å²) in [6.07, 6.45) is 0.991. The largest absolute Gasteiger partial charge is 0.420 e. The number of nitrogens with zero attached hydrogens (tertiary/aromatic N) is 2. The quantitative estimate of drug-likeness (QED) is 0.680. The van der Waals surface area contributed by atoms with Crippen molar-refractivity contribution in [1.82, 2.24) is 4.90 Å². The number of amides is 2. The molecule has 2 aromatic rings. The number of carbonyl (C=O) groups is 1. The summed E-state index contributed by atoms with van der Waals surface area (Å²) in [4.78, 5) is 17.1. The van der Waals surface area contributed by atoms with E-state index in [1.165, 1.54) is 17.6 Å². The Balaban J connectivity index is 1.62. The van der Waals surface area contributed by atoms with Gasteiger partial charge in [-0.15, -0.1) is 0 Å². The average molecular weight is 356 g/mol. The van der Waals surface area contributed by atoms with Crippen LogP contribution in [0.15, 0.2) is 47.4 Å². The summed E-state index contributed by atoms with van der Waals surface area (Å²) in [5.74, 6) is 0.879. The number of benzene rings is 2. The highest BCUT2D eigenvalue weighted by atomic mass is 32.2. The van der Waals surface area contributed by atoms with E-state index in [0.717, 1.165) is 48.0 Å². The van der Waals surface area contributed by atoms with Gasteiger partial charge in [-0.25, -0.2) is 4.79 Å². The van der Waals surface area contributed by atoms with Crippen molar-refractivity contribution in [3.8, 4) is 5.75 Å². The molecule has 0 spiro atoms. The van der Waals surface area contributed by atoms with Crippen LogP contribution in [-0.4, -0.2) is 30.6 Å². The Hall–Kier alpha value is -2.14. The number of aryl methyl sites for hydroxylation is 2. The van der Waals surface area contributed by atoms with Gasteiger partial charge >= 0.3 is 6.03 Å². The van der Waals surface area contributed by atoms with E-state index in [0.29, 0.717) is 0 Å². The van der Waals surface area contributed by atoms with Crippen LogP contribution in [0.3, 0.4) is 0 Å². The van der Waals surface area contributed by atoms with Crippen LogP contribution in [0.25, 0.3) is 0 Å². The van der Waals surface area contributed by atoms with Crippen molar-refractivity contribution >= 4 is 23.8 Å². The van der Waals surface area contributed by atoms with Gasteiger partial charge < -0.3 is 9.08 Å². The number of urea groups is 1. The molecule has 1 fully saturated rings. The molecule has 4 nitrogen and oxygen atoms in total. The molecule has 0 unspecified atom stereocenters. The van der Waals surface area contributed by atoms with E-state index in [4.69, 9.17) is 4.18 Å². The van der Waals surface area contributed by atoms with Crippen LogP contribution in [0.1, 0.15) is 24.5 Å². The molecule has 0 aromatic heterocycles. The molecular weight excluding hydrogens is 332 g/mol. The predicted octanol–water partition coefficient (Wildman–Crippen LogP) is 5.04. The first-order valence-corrected chi connectivity index (χ1v) is 9.41. The highest BCUT2D eigenvalue weighted by Crippen LogP contribution is 2.29.